The van der Waals surface area contributed by atoms with Crippen molar-refractivity contribution in [3.63, 3.8) is 0 Å². The summed E-state index contributed by atoms with van der Waals surface area (Å²) < 4.78 is 0. The fourth-order valence-electron chi connectivity index (χ4n) is 0.793. The van der Waals surface area contributed by atoms with Gasteiger partial charge in [0, 0.05) is 11.6 Å². The molecule has 0 bridgehead atoms. The largest absolute Gasteiger partial charge is 0.355 e. The van der Waals surface area contributed by atoms with Crippen molar-refractivity contribution in [2.45, 2.75) is 6.54 Å². The third-order valence-electron chi connectivity index (χ3n) is 1.33. The van der Waals surface area contributed by atoms with Gasteiger partial charge in [0.25, 0.3) is 0 Å². The second-order valence-electron chi connectivity index (χ2n) is 2.09. The summed E-state index contributed by atoms with van der Waals surface area (Å²) in [4.78, 5) is 9.94. The Morgan fingerprint density at radius 2 is 2.18 bits per heavy atom. The highest BCUT2D eigenvalue weighted by Gasteiger charge is 1.95. The Bertz CT molecular complexity index is 250. The van der Waals surface area contributed by atoms with Gasteiger partial charge in [-0.3, -0.25) is 4.79 Å². The molecule has 1 aromatic carbocycles. The van der Waals surface area contributed by atoms with Gasteiger partial charge in [0.1, 0.15) is 0 Å². The van der Waals surface area contributed by atoms with Crippen LogP contribution in [0.15, 0.2) is 24.3 Å². The molecule has 58 valence electrons. The number of carbonyl (C=O) groups excluding carboxylic acids is 1. The van der Waals surface area contributed by atoms with E-state index in [0.717, 1.165) is 5.56 Å². The number of hydrogen-bond acceptors (Lipinski definition) is 1. The van der Waals surface area contributed by atoms with E-state index in [2.05, 4.69) is 5.32 Å². The maximum absolute atomic E-state index is 9.94. The molecule has 2 nitrogen and oxygen atoms in total. The molecule has 0 spiro atoms. The Labute approximate surface area is 70.2 Å². The standard InChI is InChI=1S/C8H8ClNO/c9-8-4-2-1-3-7(8)5-10-6-11/h1-4,6H,5H2,(H,10,11). The highest BCUT2D eigenvalue weighted by Crippen LogP contribution is 2.13. The lowest BCUT2D eigenvalue weighted by Gasteiger charge is -2.00. The average molecular weight is 170 g/mol. The van der Waals surface area contributed by atoms with Crippen LogP contribution in [0.4, 0.5) is 0 Å². The lowest BCUT2D eigenvalue weighted by molar-refractivity contribution is -0.109. The molecule has 3 heteroatoms. The first-order valence-electron chi connectivity index (χ1n) is 3.25. The first-order valence-corrected chi connectivity index (χ1v) is 3.63. The molecule has 1 aromatic rings. The molecule has 0 radical (unpaired) electrons. The Morgan fingerprint density at radius 1 is 1.45 bits per heavy atom. The van der Waals surface area contributed by atoms with Crippen LogP contribution in [0.2, 0.25) is 5.02 Å². The number of hydrogen-bond donors (Lipinski definition) is 1. The molecular weight excluding hydrogens is 162 g/mol. The molecule has 0 aliphatic rings. The third kappa shape index (κ3) is 2.24. The summed E-state index contributed by atoms with van der Waals surface area (Å²) in [5.41, 5.74) is 0.932. The molecule has 0 unspecified atom stereocenters. The van der Waals surface area contributed by atoms with Crippen LogP contribution in [0.1, 0.15) is 5.56 Å². The zero-order valence-corrected chi connectivity index (χ0v) is 6.64. The van der Waals surface area contributed by atoms with Crippen molar-refractivity contribution >= 4 is 18.0 Å². The topological polar surface area (TPSA) is 29.1 Å². The molecule has 0 aliphatic carbocycles. The molecular formula is C8H8ClNO. The molecule has 0 fully saturated rings. The van der Waals surface area contributed by atoms with E-state index >= 15 is 0 Å². The van der Waals surface area contributed by atoms with Gasteiger partial charge in [-0.1, -0.05) is 29.8 Å². The molecule has 0 aliphatic heterocycles. The van der Waals surface area contributed by atoms with Crippen molar-refractivity contribution in [2.75, 3.05) is 0 Å². The molecule has 0 saturated heterocycles. The summed E-state index contributed by atoms with van der Waals surface area (Å²) in [6.45, 7) is 0.489. The number of rotatable bonds is 3. The van der Waals surface area contributed by atoms with E-state index in [0.29, 0.717) is 18.0 Å². The van der Waals surface area contributed by atoms with E-state index < -0.39 is 0 Å². The van der Waals surface area contributed by atoms with Gasteiger partial charge in [0.05, 0.1) is 0 Å². The van der Waals surface area contributed by atoms with Crippen molar-refractivity contribution in [1.82, 2.24) is 5.32 Å². The van der Waals surface area contributed by atoms with Gasteiger partial charge in [0.2, 0.25) is 6.41 Å². The number of carbonyl (C=O) groups is 1. The smallest absolute Gasteiger partial charge is 0.207 e. The molecule has 0 aromatic heterocycles. The van der Waals surface area contributed by atoms with E-state index in [1.807, 2.05) is 18.2 Å². The first-order chi connectivity index (χ1) is 5.34. The Kier molecular flexibility index (Phi) is 2.93. The van der Waals surface area contributed by atoms with Crippen LogP contribution in [-0.2, 0) is 11.3 Å². The highest BCUT2D eigenvalue weighted by molar-refractivity contribution is 6.31. The fourth-order valence-corrected chi connectivity index (χ4v) is 0.996. The van der Waals surface area contributed by atoms with E-state index in [1.54, 1.807) is 6.07 Å². The number of halogens is 1. The van der Waals surface area contributed by atoms with Gasteiger partial charge in [-0.25, -0.2) is 0 Å². The van der Waals surface area contributed by atoms with Crippen LogP contribution in [0.3, 0.4) is 0 Å². The van der Waals surface area contributed by atoms with Crippen molar-refractivity contribution in [1.29, 1.82) is 0 Å². The molecule has 11 heavy (non-hydrogen) atoms. The van der Waals surface area contributed by atoms with Crippen LogP contribution < -0.4 is 5.32 Å². The SMILES string of the molecule is O=CNCc1ccccc1Cl. The van der Waals surface area contributed by atoms with Crippen molar-refractivity contribution < 1.29 is 4.79 Å². The van der Waals surface area contributed by atoms with Crippen molar-refractivity contribution in [3.8, 4) is 0 Å². The summed E-state index contributed by atoms with van der Waals surface area (Å²) in [6.07, 6.45) is 0.656. The maximum Gasteiger partial charge on any atom is 0.207 e. The average Bonchev–Trinajstić information content (AvgIpc) is 2.03. The summed E-state index contributed by atoms with van der Waals surface area (Å²) in [5.74, 6) is 0. The van der Waals surface area contributed by atoms with Crippen molar-refractivity contribution in [3.05, 3.63) is 34.9 Å². The highest BCUT2D eigenvalue weighted by atomic mass is 35.5. The van der Waals surface area contributed by atoms with Crippen LogP contribution in [0, 0.1) is 0 Å². The minimum Gasteiger partial charge on any atom is -0.355 e. The van der Waals surface area contributed by atoms with Gasteiger partial charge >= 0.3 is 0 Å². The van der Waals surface area contributed by atoms with E-state index in [9.17, 15) is 4.79 Å². The molecule has 0 heterocycles. The predicted octanol–water partition coefficient (Wildman–Crippen LogP) is 1.59. The number of benzene rings is 1. The molecule has 1 amide bonds. The fraction of sp³-hybridized carbons (Fsp3) is 0.125. The number of nitrogens with one attached hydrogen (secondary N) is 1. The van der Waals surface area contributed by atoms with Crippen molar-refractivity contribution in [2.24, 2.45) is 0 Å². The molecule has 0 saturated carbocycles. The number of amides is 1. The second-order valence-corrected chi connectivity index (χ2v) is 2.50. The van der Waals surface area contributed by atoms with Crippen LogP contribution >= 0.6 is 11.6 Å². The van der Waals surface area contributed by atoms with E-state index in [1.165, 1.54) is 0 Å². The minimum atomic E-state index is 0.489. The Hall–Kier alpha value is -1.02. The Balaban J connectivity index is 2.69. The lowest BCUT2D eigenvalue weighted by Crippen LogP contribution is -2.09. The van der Waals surface area contributed by atoms with Gasteiger partial charge in [-0.05, 0) is 11.6 Å². The Morgan fingerprint density at radius 3 is 2.82 bits per heavy atom. The van der Waals surface area contributed by atoms with Gasteiger partial charge < -0.3 is 5.32 Å². The van der Waals surface area contributed by atoms with Gasteiger partial charge in [-0.2, -0.15) is 0 Å². The normalized spacial score (nSPS) is 9.18. The minimum absolute atomic E-state index is 0.489. The van der Waals surface area contributed by atoms with Crippen LogP contribution in [0.5, 0.6) is 0 Å². The maximum atomic E-state index is 9.94. The van der Waals surface area contributed by atoms with E-state index in [-0.39, 0.29) is 0 Å². The summed E-state index contributed by atoms with van der Waals surface area (Å²) in [6, 6.07) is 7.41. The quantitative estimate of drug-likeness (QED) is 0.684. The van der Waals surface area contributed by atoms with Crippen LogP contribution in [-0.4, -0.2) is 6.41 Å². The second kappa shape index (κ2) is 3.98. The predicted molar refractivity (Wildman–Crippen MR) is 44.4 cm³/mol. The van der Waals surface area contributed by atoms with Gasteiger partial charge in [0.15, 0.2) is 0 Å². The monoisotopic (exact) mass is 169 g/mol. The molecule has 1 N–H and O–H groups in total. The summed E-state index contributed by atoms with van der Waals surface area (Å²) >= 11 is 5.80. The zero-order chi connectivity index (χ0) is 8.10. The summed E-state index contributed by atoms with van der Waals surface area (Å²) in [5, 5.41) is 3.22. The van der Waals surface area contributed by atoms with Gasteiger partial charge in [-0.15, -0.1) is 0 Å². The molecule has 1 rings (SSSR count). The van der Waals surface area contributed by atoms with E-state index in [4.69, 9.17) is 11.6 Å². The lowest BCUT2D eigenvalue weighted by atomic mass is 10.2. The third-order valence-corrected chi connectivity index (χ3v) is 1.70. The summed E-state index contributed by atoms with van der Waals surface area (Å²) in [7, 11) is 0. The van der Waals surface area contributed by atoms with Crippen LogP contribution in [0.25, 0.3) is 0 Å². The first kappa shape index (κ1) is 8.08. The molecule has 0 atom stereocenters. The zero-order valence-electron chi connectivity index (χ0n) is 5.88.